The molecule has 0 bridgehead atoms. The van der Waals surface area contributed by atoms with Crippen LogP contribution in [-0.4, -0.2) is 27.6 Å². The van der Waals surface area contributed by atoms with Crippen LogP contribution < -0.4 is 5.69 Å². The first-order valence-electron chi connectivity index (χ1n) is 5.34. The van der Waals surface area contributed by atoms with Gasteiger partial charge in [0.15, 0.2) is 0 Å². The van der Waals surface area contributed by atoms with E-state index < -0.39 is 11.7 Å². The van der Waals surface area contributed by atoms with Crippen LogP contribution in [0.2, 0.25) is 0 Å². The summed E-state index contributed by atoms with van der Waals surface area (Å²) in [4.78, 5) is 29.4. The van der Waals surface area contributed by atoms with Gasteiger partial charge < -0.3 is 4.74 Å². The summed E-state index contributed by atoms with van der Waals surface area (Å²) >= 11 is 0. The molecule has 7 heteroatoms. The maximum atomic E-state index is 11.7. The van der Waals surface area contributed by atoms with Gasteiger partial charge in [-0.05, 0) is 18.6 Å². The van der Waals surface area contributed by atoms with E-state index >= 15 is 0 Å². The highest BCUT2D eigenvalue weighted by atomic mass is 16.5. The summed E-state index contributed by atoms with van der Waals surface area (Å²) in [6.45, 7) is 1.74. The molecule has 7 nitrogen and oxygen atoms in total. The smallest absolute Gasteiger partial charge is 0.356 e. The molecule has 0 aromatic carbocycles. The minimum atomic E-state index is -0.638. The van der Waals surface area contributed by atoms with Crippen molar-refractivity contribution in [2.45, 2.75) is 6.92 Å². The molecule has 0 spiro atoms. The monoisotopic (exact) mass is 258 g/mol. The number of rotatable bonds is 2. The van der Waals surface area contributed by atoms with Crippen molar-refractivity contribution in [2.24, 2.45) is 0 Å². The summed E-state index contributed by atoms with van der Waals surface area (Å²) < 4.78 is 5.70. The predicted octanol–water partition coefficient (Wildman–Crippen LogP) is 0.527. The van der Waals surface area contributed by atoms with Crippen LogP contribution in [0.1, 0.15) is 21.6 Å². The summed E-state index contributed by atoms with van der Waals surface area (Å²) in [5, 5.41) is 8.82. The molecular weight excluding hydrogens is 248 g/mol. The number of carbonyl (C=O) groups excluding carboxylic acids is 1. The maximum Gasteiger partial charge on any atom is 0.356 e. The lowest BCUT2D eigenvalue weighted by atomic mass is 10.2. The topological polar surface area (TPSA) is 101 Å². The number of pyridine rings is 1. The normalized spacial score (nSPS) is 9.95. The van der Waals surface area contributed by atoms with Crippen molar-refractivity contribution < 1.29 is 9.53 Å². The number of nitriles is 1. The second kappa shape index (κ2) is 4.78. The second-order valence-electron chi connectivity index (χ2n) is 3.80. The number of aromatic nitrogens is 3. The Morgan fingerprint density at radius 1 is 1.58 bits per heavy atom. The minimum absolute atomic E-state index is 0.0383. The van der Waals surface area contributed by atoms with Gasteiger partial charge >= 0.3 is 11.7 Å². The van der Waals surface area contributed by atoms with Crippen molar-refractivity contribution in [1.82, 2.24) is 14.5 Å². The first-order valence-corrected chi connectivity index (χ1v) is 5.34. The standard InChI is InChI=1S/C12H10N4O3/c1-7-3-10(14-5-8(7)4-13)16-6-9(11(17)19-2)15-12(16)18/h3,5-6H,1-2H3,(H,15,18). The highest BCUT2D eigenvalue weighted by Gasteiger charge is 2.13. The lowest BCUT2D eigenvalue weighted by Gasteiger charge is -2.02. The Labute approximate surface area is 108 Å². The maximum absolute atomic E-state index is 11.7. The molecule has 0 atom stereocenters. The van der Waals surface area contributed by atoms with Gasteiger partial charge in [0.05, 0.1) is 12.7 Å². The van der Waals surface area contributed by atoms with Gasteiger partial charge in [0, 0.05) is 12.4 Å². The van der Waals surface area contributed by atoms with Crippen LogP contribution in [0.3, 0.4) is 0 Å². The first kappa shape index (κ1) is 12.6. The summed E-state index contributed by atoms with van der Waals surface area (Å²) in [7, 11) is 1.22. The summed E-state index contributed by atoms with van der Waals surface area (Å²) in [6, 6.07) is 3.58. The quantitative estimate of drug-likeness (QED) is 0.791. The van der Waals surface area contributed by atoms with Crippen LogP contribution in [0.4, 0.5) is 0 Å². The molecule has 96 valence electrons. The number of aryl methyl sites for hydroxylation is 1. The highest BCUT2D eigenvalue weighted by molar-refractivity contribution is 5.86. The van der Waals surface area contributed by atoms with Gasteiger partial charge in [0.2, 0.25) is 0 Å². The molecule has 1 N–H and O–H groups in total. The molecule has 2 heterocycles. The SMILES string of the molecule is COC(=O)c1cn(-c2cc(C)c(C#N)cn2)c(=O)[nH]1. The number of aromatic amines is 1. The molecule has 2 rings (SSSR count). The average Bonchev–Trinajstić information content (AvgIpc) is 2.80. The van der Waals surface area contributed by atoms with Crippen molar-refractivity contribution in [1.29, 1.82) is 5.26 Å². The highest BCUT2D eigenvalue weighted by Crippen LogP contribution is 2.10. The molecule has 0 aliphatic heterocycles. The second-order valence-corrected chi connectivity index (χ2v) is 3.80. The van der Waals surface area contributed by atoms with Crippen molar-refractivity contribution in [3.8, 4) is 11.9 Å². The van der Waals surface area contributed by atoms with Crippen molar-refractivity contribution >= 4 is 5.97 Å². The number of esters is 1. The summed E-state index contributed by atoms with van der Waals surface area (Å²) in [6.07, 6.45) is 2.68. The molecule has 0 aliphatic carbocycles. The van der Waals surface area contributed by atoms with Gasteiger partial charge in [-0.1, -0.05) is 0 Å². The number of hydrogen-bond acceptors (Lipinski definition) is 5. The molecular formula is C12H10N4O3. The van der Waals surface area contributed by atoms with Gasteiger partial charge in [-0.3, -0.25) is 9.55 Å². The molecule has 2 aromatic rings. The first-order chi connectivity index (χ1) is 9.06. The Hall–Kier alpha value is -2.88. The molecule has 0 fully saturated rings. The van der Waals surface area contributed by atoms with Crippen LogP contribution in [0.5, 0.6) is 0 Å². The van der Waals surface area contributed by atoms with E-state index in [-0.39, 0.29) is 5.69 Å². The summed E-state index contributed by atoms with van der Waals surface area (Å²) in [5.74, 6) is -0.311. The van der Waals surface area contributed by atoms with Crippen molar-refractivity contribution in [3.05, 3.63) is 45.8 Å². The third kappa shape index (κ3) is 2.24. The molecule has 0 amide bonds. The molecule has 0 aliphatic rings. The fourth-order valence-corrected chi connectivity index (χ4v) is 1.57. The third-order valence-electron chi connectivity index (χ3n) is 2.59. The van der Waals surface area contributed by atoms with Crippen molar-refractivity contribution in [3.63, 3.8) is 0 Å². The number of nitrogens with zero attached hydrogens (tertiary/aromatic N) is 3. The van der Waals surface area contributed by atoms with E-state index in [0.29, 0.717) is 16.9 Å². The van der Waals surface area contributed by atoms with Gasteiger partial charge in [-0.25, -0.2) is 14.6 Å². The number of methoxy groups -OCH3 is 1. The predicted molar refractivity (Wildman–Crippen MR) is 65.0 cm³/mol. The fourth-order valence-electron chi connectivity index (χ4n) is 1.57. The van der Waals surface area contributed by atoms with Crippen LogP contribution in [-0.2, 0) is 4.74 Å². The van der Waals surface area contributed by atoms with Gasteiger partial charge in [-0.15, -0.1) is 0 Å². The van der Waals surface area contributed by atoms with E-state index in [0.717, 1.165) is 0 Å². The number of H-pyrrole nitrogens is 1. The van der Waals surface area contributed by atoms with E-state index in [1.54, 1.807) is 13.0 Å². The Kier molecular flexibility index (Phi) is 3.16. The zero-order chi connectivity index (χ0) is 14.0. The van der Waals surface area contributed by atoms with E-state index in [1.807, 2.05) is 6.07 Å². The summed E-state index contributed by atoms with van der Waals surface area (Å²) in [5.41, 5.74) is 0.661. The molecule has 19 heavy (non-hydrogen) atoms. The minimum Gasteiger partial charge on any atom is -0.464 e. The van der Waals surface area contributed by atoms with Crippen LogP contribution in [0.25, 0.3) is 5.82 Å². The zero-order valence-corrected chi connectivity index (χ0v) is 10.3. The van der Waals surface area contributed by atoms with Crippen LogP contribution in [0, 0.1) is 18.3 Å². The van der Waals surface area contributed by atoms with E-state index in [4.69, 9.17) is 5.26 Å². The van der Waals surface area contributed by atoms with E-state index in [1.165, 1.54) is 24.1 Å². The molecule has 0 saturated heterocycles. The zero-order valence-electron chi connectivity index (χ0n) is 10.3. The largest absolute Gasteiger partial charge is 0.464 e. The van der Waals surface area contributed by atoms with Crippen molar-refractivity contribution in [2.75, 3.05) is 7.11 Å². The van der Waals surface area contributed by atoms with E-state index in [9.17, 15) is 9.59 Å². The molecule has 0 radical (unpaired) electrons. The van der Waals surface area contributed by atoms with Gasteiger partial charge in [-0.2, -0.15) is 5.26 Å². The number of ether oxygens (including phenoxy) is 1. The number of nitrogens with one attached hydrogen (secondary N) is 1. The van der Waals surface area contributed by atoms with Gasteiger partial charge in [0.1, 0.15) is 17.6 Å². The lowest BCUT2D eigenvalue weighted by Crippen LogP contribution is -2.15. The van der Waals surface area contributed by atoms with Crippen LogP contribution >= 0.6 is 0 Å². The Morgan fingerprint density at radius 3 is 2.89 bits per heavy atom. The number of imidazole rings is 1. The van der Waals surface area contributed by atoms with Gasteiger partial charge in [0.25, 0.3) is 0 Å². The van der Waals surface area contributed by atoms with Crippen LogP contribution in [0.15, 0.2) is 23.3 Å². The molecule has 2 aromatic heterocycles. The average molecular weight is 258 g/mol. The Balaban J connectivity index is 2.51. The van der Waals surface area contributed by atoms with E-state index in [2.05, 4.69) is 14.7 Å². The fraction of sp³-hybridized carbons (Fsp3) is 0.167. The third-order valence-corrected chi connectivity index (χ3v) is 2.59. The lowest BCUT2D eigenvalue weighted by molar-refractivity contribution is 0.0594. The number of carbonyl (C=O) groups is 1. The molecule has 0 unspecified atom stereocenters. The Morgan fingerprint density at radius 2 is 2.32 bits per heavy atom. The Bertz CT molecular complexity index is 736. The molecule has 0 saturated carbocycles. The number of hydrogen-bond donors (Lipinski definition) is 1.